The van der Waals surface area contributed by atoms with Crippen molar-refractivity contribution in [1.29, 1.82) is 0 Å². The van der Waals surface area contributed by atoms with Crippen molar-refractivity contribution in [2.45, 2.75) is 44.7 Å². The first kappa shape index (κ1) is 16.9. The van der Waals surface area contributed by atoms with Crippen LogP contribution in [0.25, 0.3) is 0 Å². The van der Waals surface area contributed by atoms with Crippen molar-refractivity contribution in [2.75, 3.05) is 13.7 Å². The predicted octanol–water partition coefficient (Wildman–Crippen LogP) is 2.72. The molecule has 5 nitrogen and oxygen atoms in total. The summed E-state index contributed by atoms with van der Waals surface area (Å²) in [6, 6.07) is 6.03. The number of carbonyl (C=O) groups excluding carboxylic acids is 2. The van der Waals surface area contributed by atoms with E-state index in [2.05, 4.69) is 5.32 Å². The van der Waals surface area contributed by atoms with Gasteiger partial charge in [0.1, 0.15) is 11.4 Å². The Labute approximate surface area is 141 Å². The summed E-state index contributed by atoms with van der Waals surface area (Å²) in [6.07, 6.45) is 3.73. The van der Waals surface area contributed by atoms with Crippen molar-refractivity contribution in [3.8, 4) is 0 Å². The number of hydrogen-bond acceptors (Lipinski definition) is 3. The number of amides is 3. The summed E-state index contributed by atoms with van der Waals surface area (Å²) in [5, 5.41) is 2.95. The second-order valence-electron chi connectivity index (χ2n) is 7.07. The number of hydrogen-bond donors (Lipinski definition) is 1. The molecule has 0 aromatic heterocycles. The summed E-state index contributed by atoms with van der Waals surface area (Å²) in [6.45, 7) is 2.71. The van der Waals surface area contributed by atoms with E-state index in [1.165, 1.54) is 17.0 Å². The maximum Gasteiger partial charge on any atom is 0.326 e. The second kappa shape index (κ2) is 6.51. The maximum atomic E-state index is 13.3. The molecule has 24 heavy (non-hydrogen) atoms. The molecule has 3 rings (SSSR count). The smallest absolute Gasteiger partial charge is 0.323 e. The van der Waals surface area contributed by atoms with Gasteiger partial charge in [-0.2, -0.15) is 0 Å². The molecule has 3 amide bonds. The molecule has 1 saturated carbocycles. The lowest BCUT2D eigenvalue weighted by Crippen LogP contribution is -2.54. The van der Waals surface area contributed by atoms with Crippen LogP contribution < -0.4 is 5.32 Å². The molecule has 1 heterocycles. The van der Waals surface area contributed by atoms with Crippen LogP contribution in [0.2, 0.25) is 0 Å². The molecule has 0 bridgehead atoms. The molecular weight excluding hydrogens is 309 g/mol. The van der Waals surface area contributed by atoms with E-state index in [0.717, 1.165) is 24.8 Å². The molecule has 1 aromatic rings. The molecule has 2 fully saturated rings. The highest BCUT2D eigenvalue weighted by atomic mass is 19.1. The van der Waals surface area contributed by atoms with Crippen LogP contribution >= 0.6 is 0 Å². The fraction of sp³-hybridized carbons (Fsp3) is 0.556. The van der Waals surface area contributed by atoms with E-state index in [1.54, 1.807) is 6.07 Å². The van der Waals surface area contributed by atoms with E-state index < -0.39 is 5.54 Å². The molecule has 0 radical (unpaired) electrons. The Morgan fingerprint density at radius 3 is 2.88 bits per heavy atom. The van der Waals surface area contributed by atoms with Gasteiger partial charge in [-0.25, -0.2) is 14.1 Å². The van der Waals surface area contributed by atoms with E-state index in [-0.39, 0.29) is 30.3 Å². The SMILES string of the molecule is C[C@H]1CCCC[C@@]12NC(=O)N(CN(C)Cc1cccc(F)c1)C2=O. The van der Waals surface area contributed by atoms with Gasteiger partial charge in [-0.05, 0) is 43.5 Å². The third-order valence-electron chi connectivity index (χ3n) is 5.23. The van der Waals surface area contributed by atoms with Crippen LogP contribution in [0, 0.1) is 11.7 Å². The molecular formula is C18H24FN3O2. The normalized spacial score (nSPS) is 27.2. The first-order chi connectivity index (χ1) is 11.4. The Morgan fingerprint density at radius 1 is 1.38 bits per heavy atom. The van der Waals surface area contributed by atoms with Crippen molar-refractivity contribution in [2.24, 2.45) is 5.92 Å². The van der Waals surface area contributed by atoms with Crippen molar-refractivity contribution in [3.63, 3.8) is 0 Å². The van der Waals surface area contributed by atoms with E-state index >= 15 is 0 Å². The Bertz CT molecular complexity index is 651. The highest BCUT2D eigenvalue weighted by Crippen LogP contribution is 2.38. The summed E-state index contributed by atoms with van der Waals surface area (Å²) in [5.41, 5.74) is 0.0833. The number of halogens is 1. The molecule has 1 aliphatic heterocycles. The first-order valence-electron chi connectivity index (χ1n) is 8.49. The van der Waals surface area contributed by atoms with Crippen LogP contribution in [0.5, 0.6) is 0 Å². The highest BCUT2D eigenvalue weighted by molar-refractivity contribution is 6.07. The topological polar surface area (TPSA) is 52.7 Å². The number of urea groups is 1. The number of nitrogens with zero attached hydrogens (tertiary/aromatic N) is 2. The lowest BCUT2D eigenvalue weighted by Gasteiger charge is -2.37. The fourth-order valence-corrected chi connectivity index (χ4v) is 3.86. The zero-order valence-electron chi connectivity index (χ0n) is 14.2. The van der Waals surface area contributed by atoms with Gasteiger partial charge >= 0.3 is 6.03 Å². The van der Waals surface area contributed by atoms with Crippen molar-refractivity contribution < 1.29 is 14.0 Å². The standard InChI is InChI=1S/C18H24FN3O2/c1-13-6-3-4-9-18(13)16(23)22(17(24)20-18)12-21(2)11-14-7-5-8-15(19)10-14/h5,7-8,10,13H,3-4,6,9,11-12H2,1-2H3,(H,20,24)/t13-,18+/m0/s1. The van der Waals surface area contributed by atoms with Gasteiger partial charge in [0.05, 0.1) is 6.67 Å². The Kier molecular flexibility index (Phi) is 4.58. The number of nitrogens with one attached hydrogen (secondary N) is 1. The van der Waals surface area contributed by atoms with E-state index in [1.807, 2.05) is 24.9 Å². The quantitative estimate of drug-likeness (QED) is 0.862. The maximum absolute atomic E-state index is 13.3. The summed E-state index contributed by atoms with van der Waals surface area (Å²) in [7, 11) is 1.82. The molecule has 0 unspecified atom stereocenters. The molecule has 2 atom stereocenters. The summed E-state index contributed by atoms with van der Waals surface area (Å²) < 4.78 is 13.3. The van der Waals surface area contributed by atoms with Gasteiger partial charge in [-0.15, -0.1) is 0 Å². The van der Waals surface area contributed by atoms with Crippen molar-refractivity contribution in [1.82, 2.24) is 15.1 Å². The lowest BCUT2D eigenvalue weighted by atomic mass is 9.73. The van der Waals surface area contributed by atoms with Crippen LogP contribution in [-0.4, -0.2) is 41.0 Å². The highest BCUT2D eigenvalue weighted by Gasteiger charge is 2.54. The van der Waals surface area contributed by atoms with Gasteiger partial charge in [-0.3, -0.25) is 9.69 Å². The minimum absolute atomic E-state index is 0.120. The van der Waals surface area contributed by atoms with Crippen molar-refractivity contribution >= 4 is 11.9 Å². The van der Waals surface area contributed by atoms with Crippen LogP contribution in [-0.2, 0) is 11.3 Å². The molecule has 1 saturated heterocycles. The van der Waals surface area contributed by atoms with Crippen LogP contribution in [0.4, 0.5) is 9.18 Å². The van der Waals surface area contributed by atoms with Gasteiger partial charge in [0.25, 0.3) is 5.91 Å². The minimum atomic E-state index is -0.727. The Morgan fingerprint density at radius 2 is 2.17 bits per heavy atom. The number of benzene rings is 1. The van der Waals surface area contributed by atoms with E-state index in [4.69, 9.17) is 0 Å². The average Bonchev–Trinajstić information content (AvgIpc) is 2.75. The summed E-state index contributed by atoms with van der Waals surface area (Å²) in [4.78, 5) is 28.4. The zero-order valence-corrected chi connectivity index (χ0v) is 14.2. The average molecular weight is 333 g/mol. The Hall–Kier alpha value is -1.95. The number of rotatable bonds is 4. The largest absolute Gasteiger partial charge is 0.326 e. The van der Waals surface area contributed by atoms with Gasteiger partial charge in [0, 0.05) is 6.54 Å². The van der Waals surface area contributed by atoms with Gasteiger partial charge < -0.3 is 5.32 Å². The molecule has 6 heteroatoms. The molecule has 2 aliphatic rings. The van der Waals surface area contributed by atoms with Crippen LogP contribution in [0.1, 0.15) is 38.2 Å². The van der Waals surface area contributed by atoms with Gasteiger partial charge in [0.2, 0.25) is 0 Å². The fourth-order valence-electron chi connectivity index (χ4n) is 3.86. The number of carbonyl (C=O) groups is 2. The number of imide groups is 1. The lowest BCUT2D eigenvalue weighted by molar-refractivity contribution is -0.135. The van der Waals surface area contributed by atoms with E-state index in [9.17, 15) is 14.0 Å². The molecule has 1 aromatic carbocycles. The van der Waals surface area contributed by atoms with Crippen molar-refractivity contribution in [3.05, 3.63) is 35.6 Å². The van der Waals surface area contributed by atoms with E-state index in [0.29, 0.717) is 13.0 Å². The summed E-state index contributed by atoms with van der Waals surface area (Å²) in [5.74, 6) is -0.252. The Balaban J connectivity index is 1.68. The monoisotopic (exact) mass is 333 g/mol. The third kappa shape index (κ3) is 3.02. The van der Waals surface area contributed by atoms with Crippen LogP contribution in [0.3, 0.4) is 0 Å². The molecule has 1 spiro atoms. The second-order valence-corrected chi connectivity index (χ2v) is 7.07. The minimum Gasteiger partial charge on any atom is -0.323 e. The third-order valence-corrected chi connectivity index (χ3v) is 5.23. The molecule has 1 N–H and O–H groups in total. The summed E-state index contributed by atoms with van der Waals surface area (Å²) >= 11 is 0. The molecule has 1 aliphatic carbocycles. The predicted molar refractivity (Wildman–Crippen MR) is 88.5 cm³/mol. The first-order valence-corrected chi connectivity index (χ1v) is 8.49. The van der Waals surface area contributed by atoms with Crippen LogP contribution in [0.15, 0.2) is 24.3 Å². The van der Waals surface area contributed by atoms with Gasteiger partial charge in [0.15, 0.2) is 0 Å². The molecule has 130 valence electrons. The zero-order chi connectivity index (χ0) is 17.3. The van der Waals surface area contributed by atoms with Gasteiger partial charge in [-0.1, -0.05) is 31.9 Å².